The number of nitriles is 1. The Morgan fingerprint density at radius 1 is 1.29 bits per heavy atom. The number of rotatable bonds is 6. The van der Waals surface area contributed by atoms with Crippen molar-refractivity contribution in [2.75, 3.05) is 0 Å². The van der Waals surface area contributed by atoms with E-state index in [1.54, 1.807) is 24.3 Å². The highest BCUT2D eigenvalue weighted by Crippen LogP contribution is 2.06. The molecule has 1 aromatic carbocycles. The fourth-order valence-electron chi connectivity index (χ4n) is 1.74. The molecule has 1 rings (SSSR count). The molecule has 0 radical (unpaired) electrons. The molecular formula is C15H19N3O3. The monoisotopic (exact) mass is 289 g/mol. The number of hydrogen-bond donors (Lipinski definition) is 3. The summed E-state index contributed by atoms with van der Waals surface area (Å²) in [6, 6.07) is 8.08. The van der Waals surface area contributed by atoms with Crippen LogP contribution in [-0.2, 0) is 11.3 Å². The van der Waals surface area contributed by atoms with Crippen molar-refractivity contribution < 1.29 is 14.7 Å². The lowest BCUT2D eigenvalue weighted by Crippen LogP contribution is -2.45. The van der Waals surface area contributed by atoms with Crippen molar-refractivity contribution in [1.29, 1.82) is 5.26 Å². The van der Waals surface area contributed by atoms with Gasteiger partial charge in [0, 0.05) is 12.6 Å². The standard InChI is InChI=1S/C15H19N3O3/c1-10(2)13(7-14(19)20)18-15(21)17-9-12-5-3-11(8-16)4-6-12/h3-6,10,13H,7,9H2,1-2H3,(H,19,20)(H2,17,18,21). The molecule has 6 heteroatoms. The van der Waals surface area contributed by atoms with Crippen molar-refractivity contribution in [2.24, 2.45) is 5.92 Å². The number of amides is 2. The van der Waals surface area contributed by atoms with Crippen LogP contribution in [0.2, 0.25) is 0 Å². The lowest BCUT2D eigenvalue weighted by Gasteiger charge is -2.20. The van der Waals surface area contributed by atoms with Gasteiger partial charge in [-0.25, -0.2) is 4.79 Å². The van der Waals surface area contributed by atoms with Gasteiger partial charge in [-0.2, -0.15) is 5.26 Å². The first kappa shape index (κ1) is 16.5. The molecule has 0 saturated carbocycles. The van der Waals surface area contributed by atoms with Gasteiger partial charge < -0.3 is 15.7 Å². The number of nitrogens with one attached hydrogen (secondary N) is 2. The summed E-state index contributed by atoms with van der Waals surface area (Å²) in [5.74, 6) is -0.914. The van der Waals surface area contributed by atoms with Crippen molar-refractivity contribution in [3.63, 3.8) is 0 Å². The molecule has 21 heavy (non-hydrogen) atoms. The van der Waals surface area contributed by atoms with Gasteiger partial charge in [-0.15, -0.1) is 0 Å². The van der Waals surface area contributed by atoms with Crippen LogP contribution in [0.25, 0.3) is 0 Å². The third-order valence-corrected chi connectivity index (χ3v) is 3.05. The van der Waals surface area contributed by atoms with Crippen LogP contribution in [0.1, 0.15) is 31.4 Å². The summed E-state index contributed by atoms with van der Waals surface area (Å²) in [7, 11) is 0. The fraction of sp³-hybridized carbons (Fsp3) is 0.400. The summed E-state index contributed by atoms with van der Waals surface area (Å²) in [5, 5.41) is 22.8. The predicted octanol–water partition coefficient (Wildman–Crippen LogP) is 1.86. The van der Waals surface area contributed by atoms with E-state index < -0.39 is 18.0 Å². The molecule has 0 saturated heterocycles. The quantitative estimate of drug-likeness (QED) is 0.743. The lowest BCUT2D eigenvalue weighted by molar-refractivity contribution is -0.137. The number of carbonyl (C=O) groups excluding carboxylic acids is 1. The molecular weight excluding hydrogens is 270 g/mol. The highest BCUT2D eigenvalue weighted by molar-refractivity contribution is 5.75. The molecule has 1 unspecified atom stereocenters. The molecule has 0 aliphatic heterocycles. The number of nitrogens with zero attached hydrogens (tertiary/aromatic N) is 1. The lowest BCUT2D eigenvalue weighted by atomic mass is 10.0. The zero-order valence-corrected chi connectivity index (χ0v) is 12.1. The van der Waals surface area contributed by atoms with E-state index in [1.807, 2.05) is 19.9 Å². The molecule has 0 aliphatic carbocycles. The van der Waals surface area contributed by atoms with E-state index in [-0.39, 0.29) is 12.3 Å². The molecule has 0 heterocycles. The molecule has 2 amide bonds. The summed E-state index contributed by atoms with van der Waals surface area (Å²) >= 11 is 0. The smallest absolute Gasteiger partial charge is 0.315 e. The summed E-state index contributed by atoms with van der Waals surface area (Å²) in [5.41, 5.74) is 1.42. The number of carbonyl (C=O) groups is 2. The van der Waals surface area contributed by atoms with Crippen molar-refractivity contribution in [3.05, 3.63) is 35.4 Å². The van der Waals surface area contributed by atoms with Gasteiger partial charge in [0.05, 0.1) is 18.1 Å². The van der Waals surface area contributed by atoms with Crippen molar-refractivity contribution >= 4 is 12.0 Å². The summed E-state index contributed by atoms with van der Waals surface area (Å²) in [4.78, 5) is 22.5. The topological polar surface area (TPSA) is 102 Å². The first-order valence-electron chi connectivity index (χ1n) is 6.67. The minimum absolute atomic E-state index is 0.0294. The van der Waals surface area contributed by atoms with Gasteiger partial charge in [0.1, 0.15) is 0 Å². The molecule has 0 bridgehead atoms. The van der Waals surface area contributed by atoms with E-state index >= 15 is 0 Å². The van der Waals surface area contributed by atoms with Crippen LogP contribution in [0.3, 0.4) is 0 Å². The maximum absolute atomic E-state index is 11.8. The van der Waals surface area contributed by atoms with Crippen LogP contribution in [-0.4, -0.2) is 23.1 Å². The first-order chi connectivity index (χ1) is 9.92. The highest BCUT2D eigenvalue weighted by Gasteiger charge is 2.19. The molecule has 0 spiro atoms. The third-order valence-electron chi connectivity index (χ3n) is 3.05. The Kier molecular flexibility index (Phi) is 6.21. The second-order valence-corrected chi connectivity index (χ2v) is 5.08. The molecule has 0 aromatic heterocycles. The third kappa shape index (κ3) is 5.95. The Morgan fingerprint density at radius 2 is 1.90 bits per heavy atom. The van der Waals surface area contributed by atoms with Crippen LogP contribution in [0.5, 0.6) is 0 Å². The van der Waals surface area contributed by atoms with Crippen LogP contribution in [0.4, 0.5) is 4.79 Å². The van der Waals surface area contributed by atoms with Gasteiger partial charge in [0.15, 0.2) is 0 Å². The molecule has 0 fully saturated rings. The zero-order chi connectivity index (χ0) is 15.8. The Hall–Kier alpha value is -2.55. The van der Waals surface area contributed by atoms with Crippen molar-refractivity contribution in [1.82, 2.24) is 10.6 Å². The zero-order valence-electron chi connectivity index (χ0n) is 12.1. The Morgan fingerprint density at radius 3 is 2.38 bits per heavy atom. The van der Waals surface area contributed by atoms with Gasteiger partial charge in [0.25, 0.3) is 0 Å². The van der Waals surface area contributed by atoms with Crippen LogP contribution in [0.15, 0.2) is 24.3 Å². The number of urea groups is 1. The molecule has 112 valence electrons. The van der Waals surface area contributed by atoms with Crippen LogP contribution < -0.4 is 10.6 Å². The predicted molar refractivity (Wildman–Crippen MR) is 77.4 cm³/mol. The van der Waals surface area contributed by atoms with Gasteiger partial charge >= 0.3 is 12.0 Å². The van der Waals surface area contributed by atoms with E-state index in [1.165, 1.54) is 0 Å². The second-order valence-electron chi connectivity index (χ2n) is 5.08. The maximum Gasteiger partial charge on any atom is 0.315 e. The molecule has 6 nitrogen and oxygen atoms in total. The molecule has 1 atom stereocenters. The Balaban J connectivity index is 2.48. The fourth-order valence-corrected chi connectivity index (χ4v) is 1.74. The van der Waals surface area contributed by atoms with Crippen LogP contribution >= 0.6 is 0 Å². The SMILES string of the molecule is CC(C)C(CC(=O)O)NC(=O)NCc1ccc(C#N)cc1. The number of aliphatic carboxylic acids is 1. The normalized spacial score (nSPS) is 11.5. The molecule has 1 aromatic rings. The number of carboxylic acids is 1. The molecule has 3 N–H and O–H groups in total. The highest BCUT2D eigenvalue weighted by atomic mass is 16.4. The minimum atomic E-state index is -0.943. The summed E-state index contributed by atoms with van der Waals surface area (Å²) < 4.78 is 0. The van der Waals surface area contributed by atoms with Gasteiger partial charge in [-0.05, 0) is 23.6 Å². The summed E-state index contributed by atoms with van der Waals surface area (Å²) in [6.45, 7) is 4.03. The second kappa shape index (κ2) is 7.90. The van der Waals surface area contributed by atoms with Gasteiger partial charge in [-0.3, -0.25) is 4.79 Å². The maximum atomic E-state index is 11.8. The van der Waals surface area contributed by atoms with Crippen LogP contribution in [0, 0.1) is 17.2 Å². The van der Waals surface area contributed by atoms with Gasteiger partial charge in [0.2, 0.25) is 0 Å². The van der Waals surface area contributed by atoms with E-state index in [4.69, 9.17) is 10.4 Å². The average molecular weight is 289 g/mol. The van der Waals surface area contributed by atoms with E-state index in [0.717, 1.165) is 5.56 Å². The number of hydrogen-bond acceptors (Lipinski definition) is 3. The first-order valence-corrected chi connectivity index (χ1v) is 6.67. The van der Waals surface area contributed by atoms with Crippen molar-refractivity contribution in [2.45, 2.75) is 32.9 Å². The molecule has 0 aliphatic rings. The Bertz CT molecular complexity index is 532. The van der Waals surface area contributed by atoms with E-state index in [9.17, 15) is 9.59 Å². The number of carboxylic acid groups (broad SMARTS) is 1. The Labute approximate surface area is 123 Å². The van der Waals surface area contributed by atoms with Crippen molar-refractivity contribution in [3.8, 4) is 6.07 Å². The van der Waals surface area contributed by atoms with Gasteiger partial charge in [-0.1, -0.05) is 26.0 Å². The number of benzene rings is 1. The average Bonchev–Trinajstić information content (AvgIpc) is 2.44. The van der Waals surface area contributed by atoms with E-state index in [0.29, 0.717) is 12.1 Å². The summed E-state index contributed by atoms with van der Waals surface area (Å²) in [6.07, 6.45) is -0.109. The van der Waals surface area contributed by atoms with E-state index in [2.05, 4.69) is 10.6 Å². The minimum Gasteiger partial charge on any atom is -0.481 e. The largest absolute Gasteiger partial charge is 0.481 e.